The summed E-state index contributed by atoms with van der Waals surface area (Å²) in [7, 11) is 0. The number of nitriles is 1. The lowest BCUT2D eigenvalue weighted by Crippen LogP contribution is -2.09. The summed E-state index contributed by atoms with van der Waals surface area (Å²) in [6.07, 6.45) is 0.841. The van der Waals surface area contributed by atoms with Crippen LogP contribution in [0.2, 0.25) is 0 Å². The van der Waals surface area contributed by atoms with Gasteiger partial charge in [-0.3, -0.25) is 10.2 Å². The molecule has 114 valence electrons. The van der Waals surface area contributed by atoms with Gasteiger partial charge in [0.05, 0.1) is 28.7 Å². The SMILES string of the molecule is N#Cc1ccc(N/N=C2\CCC(=O)Nc3ccc(Br)nc32)cc1. The van der Waals surface area contributed by atoms with Gasteiger partial charge in [0.2, 0.25) is 5.91 Å². The lowest BCUT2D eigenvalue weighted by Gasteiger charge is -2.08. The third-order valence-corrected chi connectivity index (χ3v) is 3.77. The Morgan fingerprint density at radius 1 is 1.22 bits per heavy atom. The minimum absolute atomic E-state index is 0.0565. The van der Waals surface area contributed by atoms with Crippen LogP contribution in [0.5, 0.6) is 0 Å². The number of anilines is 2. The second kappa shape index (κ2) is 6.58. The van der Waals surface area contributed by atoms with E-state index in [4.69, 9.17) is 5.26 Å². The molecular weight excluding hydrogens is 358 g/mol. The van der Waals surface area contributed by atoms with E-state index < -0.39 is 0 Å². The Kier molecular flexibility index (Phi) is 4.35. The molecule has 1 aliphatic rings. The molecule has 7 heteroatoms. The van der Waals surface area contributed by atoms with Crippen molar-refractivity contribution >= 4 is 38.9 Å². The fourth-order valence-electron chi connectivity index (χ4n) is 2.18. The number of nitrogens with zero attached hydrogens (tertiary/aromatic N) is 3. The number of carbonyl (C=O) groups is 1. The van der Waals surface area contributed by atoms with E-state index in [9.17, 15) is 4.79 Å². The fraction of sp³-hybridized carbons (Fsp3) is 0.125. The van der Waals surface area contributed by atoms with Crippen LogP contribution >= 0.6 is 15.9 Å². The van der Waals surface area contributed by atoms with Crippen LogP contribution < -0.4 is 10.7 Å². The molecule has 2 aromatic rings. The Morgan fingerprint density at radius 3 is 2.74 bits per heavy atom. The minimum atomic E-state index is -0.0565. The van der Waals surface area contributed by atoms with Crippen molar-refractivity contribution < 1.29 is 4.79 Å². The maximum Gasteiger partial charge on any atom is 0.224 e. The molecule has 0 saturated heterocycles. The number of halogens is 1. The van der Waals surface area contributed by atoms with Crippen LogP contribution in [0.25, 0.3) is 0 Å². The molecule has 0 bridgehead atoms. The molecule has 0 atom stereocenters. The number of hydrogen-bond donors (Lipinski definition) is 2. The van der Waals surface area contributed by atoms with Gasteiger partial charge in [-0.1, -0.05) is 0 Å². The largest absolute Gasteiger partial charge is 0.324 e. The topological polar surface area (TPSA) is 90.2 Å². The molecule has 3 rings (SSSR count). The summed E-state index contributed by atoms with van der Waals surface area (Å²) in [6.45, 7) is 0. The summed E-state index contributed by atoms with van der Waals surface area (Å²) in [5.74, 6) is -0.0565. The van der Waals surface area contributed by atoms with E-state index in [2.05, 4.69) is 42.8 Å². The number of benzene rings is 1. The van der Waals surface area contributed by atoms with Crippen molar-refractivity contribution in [3.05, 3.63) is 52.3 Å². The molecule has 0 fully saturated rings. The summed E-state index contributed by atoms with van der Waals surface area (Å²) in [4.78, 5) is 16.2. The lowest BCUT2D eigenvalue weighted by atomic mass is 10.1. The number of fused-ring (bicyclic) bond motifs is 1. The predicted molar refractivity (Wildman–Crippen MR) is 91.1 cm³/mol. The molecule has 0 radical (unpaired) electrons. The first-order valence-electron chi connectivity index (χ1n) is 6.95. The minimum Gasteiger partial charge on any atom is -0.324 e. The maximum atomic E-state index is 11.8. The van der Waals surface area contributed by atoms with E-state index in [1.165, 1.54) is 0 Å². The molecule has 1 aromatic heterocycles. The number of rotatable bonds is 2. The quantitative estimate of drug-likeness (QED) is 0.627. The van der Waals surface area contributed by atoms with E-state index >= 15 is 0 Å². The van der Waals surface area contributed by atoms with Gasteiger partial charge < -0.3 is 5.32 Å². The highest BCUT2D eigenvalue weighted by Crippen LogP contribution is 2.23. The third kappa shape index (κ3) is 3.55. The summed E-state index contributed by atoms with van der Waals surface area (Å²) in [6, 6.07) is 12.6. The van der Waals surface area contributed by atoms with Crippen LogP contribution in [0.1, 0.15) is 24.1 Å². The van der Waals surface area contributed by atoms with E-state index in [-0.39, 0.29) is 5.91 Å². The molecular formula is C16H12BrN5O. The zero-order chi connectivity index (χ0) is 16.2. The van der Waals surface area contributed by atoms with Crippen molar-refractivity contribution in [2.24, 2.45) is 5.10 Å². The molecule has 1 amide bonds. The second-order valence-electron chi connectivity index (χ2n) is 4.94. The number of hydrogen-bond acceptors (Lipinski definition) is 5. The molecule has 1 aliphatic heterocycles. The molecule has 0 unspecified atom stereocenters. The van der Waals surface area contributed by atoms with Gasteiger partial charge in [-0.15, -0.1) is 0 Å². The van der Waals surface area contributed by atoms with Crippen molar-refractivity contribution in [3.8, 4) is 6.07 Å². The maximum absolute atomic E-state index is 11.8. The Hall–Kier alpha value is -2.72. The van der Waals surface area contributed by atoms with Crippen molar-refractivity contribution in [1.29, 1.82) is 5.26 Å². The van der Waals surface area contributed by atoms with Crippen LogP contribution in [0, 0.1) is 11.3 Å². The van der Waals surface area contributed by atoms with E-state index in [1.54, 1.807) is 36.4 Å². The normalized spacial score (nSPS) is 15.3. The van der Waals surface area contributed by atoms with E-state index in [1.807, 2.05) is 0 Å². The van der Waals surface area contributed by atoms with Crippen molar-refractivity contribution in [2.45, 2.75) is 12.8 Å². The number of nitrogens with one attached hydrogen (secondary N) is 2. The van der Waals surface area contributed by atoms with Gasteiger partial charge in [0, 0.05) is 12.8 Å². The van der Waals surface area contributed by atoms with Gasteiger partial charge in [-0.25, -0.2) is 4.98 Å². The molecule has 0 saturated carbocycles. The summed E-state index contributed by atoms with van der Waals surface area (Å²) >= 11 is 3.34. The highest BCUT2D eigenvalue weighted by atomic mass is 79.9. The molecule has 6 nitrogen and oxygen atoms in total. The van der Waals surface area contributed by atoms with Crippen LogP contribution in [0.4, 0.5) is 11.4 Å². The fourth-order valence-corrected chi connectivity index (χ4v) is 2.49. The van der Waals surface area contributed by atoms with Crippen LogP contribution in [-0.4, -0.2) is 16.6 Å². The summed E-state index contributed by atoms with van der Waals surface area (Å²) in [5.41, 5.74) is 6.29. The monoisotopic (exact) mass is 369 g/mol. The molecule has 2 N–H and O–H groups in total. The first-order chi connectivity index (χ1) is 11.2. The molecule has 23 heavy (non-hydrogen) atoms. The Bertz CT molecular complexity index is 823. The molecule has 1 aromatic carbocycles. The second-order valence-corrected chi connectivity index (χ2v) is 5.75. The van der Waals surface area contributed by atoms with Gasteiger partial charge in [-0.05, 0) is 52.3 Å². The lowest BCUT2D eigenvalue weighted by molar-refractivity contribution is -0.116. The average molecular weight is 370 g/mol. The third-order valence-electron chi connectivity index (χ3n) is 3.33. The standard InChI is InChI=1S/C16H12BrN5O/c17-14-7-5-12-16(20-14)13(6-8-15(23)19-12)22-21-11-3-1-10(9-18)2-4-11/h1-5,7,21H,6,8H2,(H,19,23)/b22-13+. The van der Waals surface area contributed by atoms with E-state index in [0.29, 0.717) is 40.1 Å². The highest BCUT2D eigenvalue weighted by molar-refractivity contribution is 9.10. The van der Waals surface area contributed by atoms with Crippen LogP contribution in [0.15, 0.2) is 46.1 Å². The van der Waals surface area contributed by atoms with Crippen molar-refractivity contribution in [3.63, 3.8) is 0 Å². The number of pyridine rings is 1. The van der Waals surface area contributed by atoms with Crippen LogP contribution in [0.3, 0.4) is 0 Å². The first-order valence-corrected chi connectivity index (χ1v) is 7.74. The summed E-state index contributed by atoms with van der Waals surface area (Å²) in [5, 5.41) is 16.0. The zero-order valence-corrected chi connectivity index (χ0v) is 13.6. The summed E-state index contributed by atoms with van der Waals surface area (Å²) < 4.78 is 0.679. The Morgan fingerprint density at radius 2 is 2.00 bits per heavy atom. The Labute approximate surface area is 141 Å². The highest BCUT2D eigenvalue weighted by Gasteiger charge is 2.19. The van der Waals surface area contributed by atoms with Gasteiger partial charge in [0.15, 0.2) is 0 Å². The van der Waals surface area contributed by atoms with Crippen molar-refractivity contribution in [1.82, 2.24) is 4.98 Å². The number of amides is 1. The molecule has 2 heterocycles. The van der Waals surface area contributed by atoms with Crippen molar-refractivity contribution in [2.75, 3.05) is 10.7 Å². The Balaban J connectivity index is 1.90. The van der Waals surface area contributed by atoms with Gasteiger partial charge in [-0.2, -0.15) is 10.4 Å². The smallest absolute Gasteiger partial charge is 0.224 e. The first kappa shape index (κ1) is 15.2. The zero-order valence-electron chi connectivity index (χ0n) is 12.0. The van der Waals surface area contributed by atoms with Gasteiger partial charge in [0.1, 0.15) is 10.3 Å². The number of carbonyl (C=O) groups excluding carboxylic acids is 1. The molecule has 0 aliphatic carbocycles. The number of hydrazone groups is 1. The molecule has 0 spiro atoms. The van der Waals surface area contributed by atoms with E-state index in [0.717, 1.165) is 5.69 Å². The predicted octanol–water partition coefficient (Wildman–Crippen LogP) is 3.26. The van der Waals surface area contributed by atoms with Gasteiger partial charge >= 0.3 is 0 Å². The number of aromatic nitrogens is 1. The van der Waals surface area contributed by atoms with Gasteiger partial charge in [0.25, 0.3) is 0 Å². The van der Waals surface area contributed by atoms with Crippen LogP contribution in [-0.2, 0) is 4.79 Å². The average Bonchev–Trinajstić information content (AvgIpc) is 2.72.